The Morgan fingerprint density at radius 2 is 2.42 bits per heavy atom. The first-order valence-electron chi connectivity index (χ1n) is 6.85. The maximum absolute atomic E-state index is 12.2. The van der Waals surface area contributed by atoms with E-state index in [0.29, 0.717) is 13.0 Å². The third-order valence-electron chi connectivity index (χ3n) is 3.84. The third kappa shape index (κ3) is 3.32. The van der Waals surface area contributed by atoms with E-state index in [-0.39, 0.29) is 17.4 Å². The number of nitrogens with one attached hydrogen (secondary N) is 2. The lowest BCUT2D eigenvalue weighted by atomic mass is 9.77. The van der Waals surface area contributed by atoms with Gasteiger partial charge in [0.05, 0.1) is 6.04 Å². The monoisotopic (exact) mass is 265 g/mol. The maximum atomic E-state index is 12.2. The molecule has 6 nitrogen and oxygen atoms in total. The van der Waals surface area contributed by atoms with Crippen molar-refractivity contribution in [2.24, 2.45) is 12.5 Å². The van der Waals surface area contributed by atoms with Crippen molar-refractivity contribution in [3.63, 3.8) is 0 Å². The number of piperidine rings is 1. The van der Waals surface area contributed by atoms with Gasteiger partial charge in [-0.1, -0.05) is 13.8 Å². The number of nitrogens with zero attached hydrogens (tertiary/aromatic N) is 3. The van der Waals surface area contributed by atoms with Crippen LogP contribution in [-0.4, -0.2) is 39.8 Å². The highest BCUT2D eigenvalue weighted by molar-refractivity contribution is 5.82. The minimum absolute atomic E-state index is 0.0209. The van der Waals surface area contributed by atoms with Gasteiger partial charge in [-0.05, 0) is 24.8 Å². The fourth-order valence-corrected chi connectivity index (χ4v) is 2.59. The fraction of sp³-hybridized carbons (Fsp3) is 0.769. The molecule has 0 bridgehead atoms. The summed E-state index contributed by atoms with van der Waals surface area (Å²) in [6.07, 6.45) is 4.59. The van der Waals surface area contributed by atoms with Crippen LogP contribution in [0, 0.1) is 5.41 Å². The molecule has 2 rings (SSSR count). The molecule has 0 aliphatic carbocycles. The standard InChI is InChI=1S/C13H23N5O/c1-13(2)6-4-7-14-11(13)12(19)15-8-5-10-17-16-9-18(10)3/h9,11,14H,4-8H2,1-3H3,(H,15,19). The molecule has 1 amide bonds. The predicted octanol–water partition coefficient (Wildman–Crippen LogP) is 0.252. The number of amides is 1. The van der Waals surface area contributed by atoms with Crippen LogP contribution in [0.2, 0.25) is 0 Å². The van der Waals surface area contributed by atoms with Crippen LogP contribution in [0.5, 0.6) is 0 Å². The Morgan fingerprint density at radius 3 is 3.05 bits per heavy atom. The summed E-state index contributed by atoms with van der Waals surface area (Å²) in [5.74, 6) is 0.975. The normalized spacial score (nSPS) is 22.2. The zero-order valence-electron chi connectivity index (χ0n) is 11.9. The highest BCUT2D eigenvalue weighted by atomic mass is 16.2. The van der Waals surface area contributed by atoms with Crippen LogP contribution in [0.25, 0.3) is 0 Å². The van der Waals surface area contributed by atoms with Gasteiger partial charge < -0.3 is 15.2 Å². The zero-order chi connectivity index (χ0) is 13.9. The Morgan fingerprint density at radius 1 is 1.63 bits per heavy atom. The highest BCUT2D eigenvalue weighted by Crippen LogP contribution is 2.29. The first kappa shape index (κ1) is 14.0. The van der Waals surface area contributed by atoms with E-state index in [9.17, 15) is 4.79 Å². The quantitative estimate of drug-likeness (QED) is 0.819. The molecule has 1 aromatic heterocycles. The van der Waals surface area contributed by atoms with Crippen LogP contribution >= 0.6 is 0 Å². The number of rotatable bonds is 4. The van der Waals surface area contributed by atoms with Gasteiger partial charge in [0.25, 0.3) is 0 Å². The van der Waals surface area contributed by atoms with Crippen LogP contribution in [-0.2, 0) is 18.3 Å². The molecule has 2 heterocycles. The van der Waals surface area contributed by atoms with Gasteiger partial charge >= 0.3 is 0 Å². The van der Waals surface area contributed by atoms with Gasteiger partial charge in [-0.3, -0.25) is 4.79 Å². The second kappa shape index (κ2) is 5.69. The van der Waals surface area contributed by atoms with Gasteiger partial charge in [-0.15, -0.1) is 10.2 Å². The van der Waals surface area contributed by atoms with Crippen molar-refractivity contribution < 1.29 is 4.79 Å². The summed E-state index contributed by atoms with van der Waals surface area (Å²) in [6.45, 7) is 5.81. The second-order valence-corrected chi connectivity index (χ2v) is 5.88. The molecular formula is C13H23N5O. The van der Waals surface area contributed by atoms with Gasteiger partial charge in [-0.2, -0.15) is 0 Å². The minimum atomic E-state index is -0.0965. The summed E-state index contributed by atoms with van der Waals surface area (Å²) in [5, 5.41) is 14.1. The summed E-state index contributed by atoms with van der Waals surface area (Å²) in [4.78, 5) is 12.2. The van der Waals surface area contributed by atoms with Gasteiger partial charge in [0.1, 0.15) is 12.2 Å². The zero-order valence-corrected chi connectivity index (χ0v) is 11.9. The molecule has 1 aliphatic rings. The average Bonchev–Trinajstić information content (AvgIpc) is 2.74. The van der Waals surface area contributed by atoms with Crippen molar-refractivity contribution in [1.82, 2.24) is 25.4 Å². The number of aromatic nitrogens is 3. The SMILES string of the molecule is Cn1cnnc1CCNC(=O)C1NCCCC1(C)C. The Balaban J connectivity index is 1.82. The van der Waals surface area contributed by atoms with E-state index in [1.807, 2.05) is 11.6 Å². The van der Waals surface area contributed by atoms with Crippen LogP contribution in [0.3, 0.4) is 0 Å². The van der Waals surface area contributed by atoms with Crippen molar-refractivity contribution >= 4 is 5.91 Å². The highest BCUT2D eigenvalue weighted by Gasteiger charge is 2.36. The first-order chi connectivity index (χ1) is 9.00. The number of carbonyl (C=O) groups is 1. The van der Waals surface area contributed by atoms with Gasteiger partial charge in [-0.25, -0.2) is 0 Å². The number of hydrogen-bond acceptors (Lipinski definition) is 4. The fourth-order valence-electron chi connectivity index (χ4n) is 2.59. The van der Waals surface area contributed by atoms with E-state index in [1.165, 1.54) is 0 Å². The van der Waals surface area contributed by atoms with E-state index >= 15 is 0 Å². The minimum Gasteiger partial charge on any atom is -0.354 e. The van der Waals surface area contributed by atoms with E-state index in [1.54, 1.807) is 6.33 Å². The van der Waals surface area contributed by atoms with E-state index in [4.69, 9.17) is 0 Å². The summed E-state index contributed by atoms with van der Waals surface area (Å²) >= 11 is 0. The predicted molar refractivity (Wildman–Crippen MR) is 72.5 cm³/mol. The molecule has 0 aromatic carbocycles. The second-order valence-electron chi connectivity index (χ2n) is 5.88. The molecular weight excluding hydrogens is 242 g/mol. The van der Waals surface area contributed by atoms with Crippen molar-refractivity contribution in [3.8, 4) is 0 Å². The third-order valence-corrected chi connectivity index (χ3v) is 3.84. The number of hydrogen-bond donors (Lipinski definition) is 2. The van der Waals surface area contributed by atoms with E-state index in [2.05, 4.69) is 34.7 Å². The maximum Gasteiger partial charge on any atom is 0.237 e. The lowest BCUT2D eigenvalue weighted by molar-refractivity contribution is -0.126. The topological polar surface area (TPSA) is 71.8 Å². The van der Waals surface area contributed by atoms with Crippen molar-refractivity contribution in [1.29, 1.82) is 0 Å². The van der Waals surface area contributed by atoms with Crippen molar-refractivity contribution in [2.75, 3.05) is 13.1 Å². The summed E-state index contributed by atoms with van der Waals surface area (Å²) in [6, 6.07) is -0.0965. The van der Waals surface area contributed by atoms with Crippen LogP contribution in [0.1, 0.15) is 32.5 Å². The largest absolute Gasteiger partial charge is 0.354 e. The van der Waals surface area contributed by atoms with Crippen LogP contribution in [0.4, 0.5) is 0 Å². The summed E-state index contributed by atoms with van der Waals surface area (Å²) in [5.41, 5.74) is 0.0209. The molecule has 106 valence electrons. The van der Waals surface area contributed by atoms with Crippen molar-refractivity contribution in [2.45, 2.75) is 39.2 Å². The molecule has 19 heavy (non-hydrogen) atoms. The lowest BCUT2D eigenvalue weighted by Crippen LogP contribution is -2.55. The molecule has 0 radical (unpaired) electrons. The van der Waals surface area contributed by atoms with E-state index in [0.717, 1.165) is 25.2 Å². The van der Waals surface area contributed by atoms with E-state index < -0.39 is 0 Å². The molecule has 1 unspecified atom stereocenters. The van der Waals surface area contributed by atoms with Gasteiger partial charge in [0.15, 0.2) is 0 Å². The molecule has 0 saturated carbocycles. The molecule has 0 spiro atoms. The molecule has 6 heteroatoms. The smallest absolute Gasteiger partial charge is 0.237 e. The first-order valence-corrected chi connectivity index (χ1v) is 6.85. The summed E-state index contributed by atoms with van der Waals surface area (Å²) < 4.78 is 1.87. The molecule has 1 saturated heterocycles. The Kier molecular flexibility index (Phi) is 4.19. The Hall–Kier alpha value is -1.43. The summed E-state index contributed by atoms with van der Waals surface area (Å²) in [7, 11) is 1.91. The average molecular weight is 265 g/mol. The molecule has 1 aliphatic heterocycles. The Bertz CT molecular complexity index is 440. The van der Waals surface area contributed by atoms with Gasteiger partial charge in [0.2, 0.25) is 5.91 Å². The number of carbonyl (C=O) groups excluding carboxylic acids is 1. The number of aryl methyl sites for hydroxylation is 1. The molecule has 1 atom stereocenters. The van der Waals surface area contributed by atoms with Crippen molar-refractivity contribution in [3.05, 3.63) is 12.2 Å². The molecule has 2 N–H and O–H groups in total. The lowest BCUT2D eigenvalue weighted by Gasteiger charge is -2.38. The molecule has 1 aromatic rings. The van der Waals surface area contributed by atoms with Crippen LogP contribution in [0.15, 0.2) is 6.33 Å². The van der Waals surface area contributed by atoms with Gasteiger partial charge in [0, 0.05) is 20.0 Å². The molecule has 1 fully saturated rings. The van der Waals surface area contributed by atoms with Crippen LogP contribution < -0.4 is 10.6 Å². The Labute approximate surface area is 114 Å².